The van der Waals surface area contributed by atoms with E-state index in [1.807, 2.05) is 0 Å². The van der Waals surface area contributed by atoms with Crippen LogP contribution in [0.2, 0.25) is 0 Å². The molecule has 1 aliphatic rings. The third kappa shape index (κ3) is 5.61. The highest BCUT2D eigenvalue weighted by molar-refractivity contribution is 4.59. The standard InChI is InChI=1S/C12H24O2/c1-11(2)7-5-3-4-6-8-12-9-10-13-14-12/h11-12H,3-10H2,1-2H3. The first-order valence-electron chi connectivity index (χ1n) is 6.07. The maximum absolute atomic E-state index is 5.10. The molecule has 1 aliphatic heterocycles. The van der Waals surface area contributed by atoms with E-state index in [1.54, 1.807) is 0 Å². The second-order valence-electron chi connectivity index (χ2n) is 4.71. The van der Waals surface area contributed by atoms with E-state index in [-0.39, 0.29) is 0 Å². The minimum Gasteiger partial charge on any atom is -0.236 e. The molecule has 1 rings (SSSR count). The van der Waals surface area contributed by atoms with Gasteiger partial charge in [0.15, 0.2) is 0 Å². The van der Waals surface area contributed by atoms with Crippen molar-refractivity contribution in [2.75, 3.05) is 6.61 Å². The Balaban J connectivity index is 1.79. The van der Waals surface area contributed by atoms with Gasteiger partial charge in [0.25, 0.3) is 0 Å². The van der Waals surface area contributed by atoms with Crippen molar-refractivity contribution in [3.05, 3.63) is 0 Å². The largest absolute Gasteiger partial charge is 0.236 e. The van der Waals surface area contributed by atoms with E-state index in [4.69, 9.17) is 9.78 Å². The van der Waals surface area contributed by atoms with Crippen LogP contribution >= 0.6 is 0 Å². The minimum atomic E-state index is 0.389. The van der Waals surface area contributed by atoms with Gasteiger partial charge in [0.05, 0.1) is 12.7 Å². The smallest absolute Gasteiger partial charge is 0.0953 e. The maximum Gasteiger partial charge on any atom is 0.0953 e. The zero-order valence-corrected chi connectivity index (χ0v) is 9.63. The molecule has 2 nitrogen and oxygen atoms in total. The van der Waals surface area contributed by atoms with Crippen molar-refractivity contribution < 1.29 is 9.78 Å². The molecular weight excluding hydrogens is 176 g/mol. The average molecular weight is 200 g/mol. The highest BCUT2D eigenvalue weighted by Crippen LogP contribution is 2.17. The number of hydrogen-bond donors (Lipinski definition) is 0. The van der Waals surface area contributed by atoms with Crippen LogP contribution in [-0.4, -0.2) is 12.7 Å². The molecule has 1 heterocycles. The molecule has 0 spiro atoms. The quantitative estimate of drug-likeness (QED) is 0.461. The molecule has 0 bridgehead atoms. The van der Waals surface area contributed by atoms with Crippen LogP contribution in [0.5, 0.6) is 0 Å². The summed E-state index contributed by atoms with van der Waals surface area (Å²) in [4.78, 5) is 9.96. The van der Waals surface area contributed by atoms with Gasteiger partial charge in [0, 0.05) is 6.42 Å². The first kappa shape index (κ1) is 12.0. The highest BCUT2D eigenvalue weighted by atomic mass is 17.2. The Bertz CT molecular complexity index is 128. The van der Waals surface area contributed by atoms with Crippen LogP contribution in [0.3, 0.4) is 0 Å². The Morgan fingerprint density at radius 1 is 1.14 bits per heavy atom. The lowest BCUT2D eigenvalue weighted by atomic mass is 10.0. The fourth-order valence-corrected chi connectivity index (χ4v) is 1.84. The molecule has 1 fully saturated rings. The van der Waals surface area contributed by atoms with Gasteiger partial charge in [-0.1, -0.05) is 46.0 Å². The zero-order valence-electron chi connectivity index (χ0n) is 9.63. The van der Waals surface area contributed by atoms with Crippen LogP contribution in [0.25, 0.3) is 0 Å². The van der Waals surface area contributed by atoms with Crippen LogP contribution in [0.15, 0.2) is 0 Å². The van der Waals surface area contributed by atoms with Crippen molar-refractivity contribution in [1.82, 2.24) is 0 Å². The molecule has 0 radical (unpaired) electrons. The first-order valence-corrected chi connectivity index (χ1v) is 6.07. The van der Waals surface area contributed by atoms with E-state index in [2.05, 4.69) is 13.8 Å². The molecule has 1 atom stereocenters. The number of unbranched alkanes of at least 4 members (excludes halogenated alkanes) is 3. The lowest BCUT2D eigenvalue weighted by molar-refractivity contribution is -0.275. The number of rotatable bonds is 7. The van der Waals surface area contributed by atoms with Gasteiger partial charge in [-0.05, 0) is 12.3 Å². The molecular formula is C12H24O2. The van der Waals surface area contributed by atoms with Gasteiger partial charge in [0.2, 0.25) is 0 Å². The van der Waals surface area contributed by atoms with Crippen LogP contribution in [0.4, 0.5) is 0 Å². The molecule has 0 aromatic heterocycles. The van der Waals surface area contributed by atoms with Crippen molar-refractivity contribution in [3.63, 3.8) is 0 Å². The van der Waals surface area contributed by atoms with Gasteiger partial charge in [-0.15, -0.1) is 0 Å². The summed E-state index contributed by atoms with van der Waals surface area (Å²) in [5.74, 6) is 0.863. The lowest BCUT2D eigenvalue weighted by Gasteiger charge is -2.07. The highest BCUT2D eigenvalue weighted by Gasteiger charge is 2.15. The van der Waals surface area contributed by atoms with E-state index < -0.39 is 0 Å². The lowest BCUT2D eigenvalue weighted by Crippen LogP contribution is -2.03. The predicted molar refractivity (Wildman–Crippen MR) is 58.0 cm³/mol. The van der Waals surface area contributed by atoms with Gasteiger partial charge in [-0.3, -0.25) is 0 Å². The molecule has 0 aliphatic carbocycles. The Kier molecular flexibility index (Phi) is 6.20. The summed E-state index contributed by atoms with van der Waals surface area (Å²) in [5.41, 5.74) is 0. The molecule has 2 heteroatoms. The zero-order chi connectivity index (χ0) is 10.2. The van der Waals surface area contributed by atoms with Crippen molar-refractivity contribution in [3.8, 4) is 0 Å². The first-order chi connectivity index (χ1) is 6.79. The monoisotopic (exact) mass is 200 g/mol. The summed E-state index contributed by atoms with van der Waals surface area (Å²) < 4.78 is 0. The Morgan fingerprint density at radius 2 is 1.93 bits per heavy atom. The minimum absolute atomic E-state index is 0.389. The topological polar surface area (TPSA) is 18.5 Å². The molecule has 0 aromatic carbocycles. The summed E-state index contributed by atoms with van der Waals surface area (Å²) in [5, 5.41) is 0. The molecule has 0 aromatic rings. The van der Waals surface area contributed by atoms with Crippen LogP contribution in [-0.2, 0) is 9.78 Å². The fourth-order valence-electron chi connectivity index (χ4n) is 1.84. The van der Waals surface area contributed by atoms with E-state index in [0.29, 0.717) is 6.10 Å². The molecule has 1 unspecified atom stereocenters. The Morgan fingerprint density at radius 3 is 2.57 bits per heavy atom. The molecule has 84 valence electrons. The summed E-state index contributed by atoms with van der Waals surface area (Å²) in [6.07, 6.45) is 9.46. The van der Waals surface area contributed by atoms with Gasteiger partial charge in [0.1, 0.15) is 0 Å². The van der Waals surface area contributed by atoms with E-state index >= 15 is 0 Å². The van der Waals surface area contributed by atoms with E-state index in [1.165, 1.54) is 38.5 Å². The summed E-state index contributed by atoms with van der Waals surface area (Å²) >= 11 is 0. The second-order valence-corrected chi connectivity index (χ2v) is 4.71. The molecule has 0 saturated carbocycles. The van der Waals surface area contributed by atoms with Gasteiger partial charge >= 0.3 is 0 Å². The van der Waals surface area contributed by atoms with Gasteiger partial charge < -0.3 is 0 Å². The average Bonchev–Trinajstić information content (AvgIpc) is 2.63. The van der Waals surface area contributed by atoms with Crippen molar-refractivity contribution in [2.45, 2.75) is 64.9 Å². The van der Waals surface area contributed by atoms with Crippen molar-refractivity contribution in [2.24, 2.45) is 5.92 Å². The third-order valence-corrected chi connectivity index (χ3v) is 2.78. The summed E-state index contributed by atoms with van der Waals surface area (Å²) in [6, 6.07) is 0. The van der Waals surface area contributed by atoms with Crippen LogP contribution in [0, 0.1) is 5.92 Å². The second kappa shape index (κ2) is 7.24. The van der Waals surface area contributed by atoms with Crippen LogP contribution in [0.1, 0.15) is 58.8 Å². The fraction of sp³-hybridized carbons (Fsp3) is 1.00. The van der Waals surface area contributed by atoms with Crippen molar-refractivity contribution >= 4 is 0 Å². The predicted octanol–water partition coefficient (Wildman–Crippen LogP) is 3.70. The van der Waals surface area contributed by atoms with E-state index in [9.17, 15) is 0 Å². The Labute approximate surface area is 87.9 Å². The third-order valence-electron chi connectivity index (χ3n) is 2.78. The maximum atomic E-state index is 5.10. The Hall–Kier alpha value is -0.0800. The SMILES string of the molecule is CC(C)CCCCCCC1CCOO1. The molecule has 14 heavy (non-hydrogen) atoms. The van der Waals surface area contributed by atoms with Crippen molar-refractivity contribution in [1.29, 1.82) is 0 Å². The van der Waals surface area contributed by atoms with Crippen LogP contribution < -0.4 is 0 Å². The summed E-state index contributed by atoms with van der Waals surface area (Å²) in [7, 11) is 0. The van der Waals surface area contributed by atoms with Gasteiger partial charge in [-0.25, -0.2) is 9.78 Å². The van der Waals surface area contributed by atoms with Gasteiger partial charge in [-0.2, -0.15) is 0 Å². The summed E-state index contributed by atoms with van der Waals surface area (Å²) in [6.45, 7) is 5.38. The molecule has 1 saturated heterocycles. The normalized spacial score (nSPS) is 22.1. The molecule has 0 amide bonds. The van der Waals surface area contributed by atoms with E-state index in [0.717, 1.165) is 18.9 Å². The number of hydrogen-bond acceptors (Lipinski definition) is 2. The molecule has 0 N–H and O–H groups in total.